The Morgan fingerprint density at radius 3 is 2.15 bits per heavy atom. The first kappa shape index (κ1) is 14.3. The number of ether oxygens (including phenoxy) is 3. The van der Waals surface area contributed by atoms with Gasteiger partial charge in [0.1, 0.15) is 0 Å². The van der Waals surface area contributed by atoms with Crippen molar-refractivity contribution in [2.24, 2.45) is 0 Å². The van der Waals surface area contributed by atoms with Gasteiger partial charge in [-0.1, -0.05) is 18.2 Å². The third-order valence-corrected chi connectivity index (χ3v) is 3.07. The van der Waals surface area contributed by atoms with Crippen molar-refractivity contribution >= 4 is 0 Å². The average molecular weight is 274 g/mol. The molecule has 0 amide bonds. The van der Waals surface area contributed by atoms with E-state index < -0.39 is 0 Å². The van der Waals surface area contributed by atoms with Gasteiger partial charge < -0.3 is 14.2 Å². The van der Waals surface area contributed by atoms with Crippen LogP contribution in [0.5, 0.6) is 11.8 Å². The van der Waals surface area contributed by atoms with Crippen LogP contribution in [0.15, 0.2) is 30.3 Å². The quantitative estimate of drug-likeness (QED) is 0.839. The van der Waals surface area contributed by atoms with E-state index in [2.05, 4.69) is 9.97 Å². The predicted octanol–water partition coefficient (Wildman–Crippen LogP) is 2.87. The summed E-state index contributed by atoms with van der Waals surface area (Å²) in [5.41, 5.74) is 1.96. The fourth-order valence-electron chi connectivity index (χ4n) is 1.81. The molecule has 0 aliphatic heterocycles. The van der Waals surface area contributed by atoms with Crippen LogP contribution in [0.2, 0.25) is 0 Å². The zero-order valence-electron chi connectivity index (χ0n) is 12.1. The Bertz CT molecular complexity index is 565. The number of nitrogens with zero attached hydrogens (tertiary/aromatic N) is 2. The number of aromatic nitrogens is 2. The topological polar surface area (TPSA) is 53.5 Å². The van der Waals surface area contributed by atoms with Crippen molar-refractivity contribution in [2.45, 2.75) is 13.0 Å². The summed E-state index contributed by atoms with van der Waals surface area (Å²) in [6, 6.07) is 9.55. The van der Waals surface area contributed by atoms with Gasteiger partial charge in [0, 0.05) is 12.7 Å². The van der Waals surface area contributed by atoms with Gasteiger partial charge in [-0.3, -0.25) is 0 Å². The van der Waals surface area contributed by atoms with Gasteiger partial charge >= 0.3 is 0 Å². The number of methoxy groups -OCH3 is 3. The van der Waals surface area contributed by atoms with E-state index in [-0.39, 0.29) is 6.10 Å². The predicted molar refractivity (Wildman–Crippen MR) is 76.0 cm³/mol. The van der Waals surface area contributed by atoms with Crippen LogP contribution in [0.1, 0.15) is 18.6 Å². The van der Waals surface area contributed by atoms with E-state index in [1.165, 1.54) is 0 Å². The Hall–Kier alpha value is -2.14. The van der Waals surface area contributed by atoms with Crippen molar-refractivity contribution in [3.63, 3.8) is 0 Å². The Labute approximate surface area is 118 Å². The van der Waals surface area contributed by atoms with E-state index in [1.54, 1.807) is 27.4 Å². The molecule has 0 radical (unpaired) electrons. The fourth-order valence-corrected chi connectivity index (χ4v) is 1.81. The molecule has 0 saturated heterocycles. The zero-order valence-corrected chi connectivity index (χ0v) is 12.1. The lowest BCUT2D eigenvalue weighted by molar-refractivity contribution is 0.119. The molecular formula is C15H18N2O3. The van der Waals surface area contributed by atoms with Crippen LogP contribution in [0, 0.1) is 0 Å². The van der Waals surface area contributed by atoms with Crippen LogP contribution in [0.25, 0.3) is 11.4 Å². The van der Waals surface area contributed by atoms with Gasteiger partial charge in [-0.25, -0.2) is 0 Å². The van der Waals surface area contributed by atoms with Crippen LogP contribution in [0.4, 0.5) is 0 Å². The van der Waals surface area contributed by atoms with Crippen molar-refractivity contribution in [3.05, 3.63) is 35.9 Å². The Kier molecular flexibility index (Phi) is 4.53. The molecule has 1 heterocycles. The lowest BCUT2D eigenvalue weighted by Gasteiger charge is -2.11. The largest absolute Gasteiger partial charge is 0.481 e. The smallest absolute Gasteiger partial charge is 0.220 e. The van der Waals surface area contributed by atoms with E-state index in [0.717, 1.165) is 11.1 Å². The number of hydrogen-bond donors (Lipinski definition) is 0. The number of benzene rings is 1. The highest BCUT2D eigenvalue weighted by Gasteiger charge is 2.10. The van der Waals surface area contributed by atoms with Crippen LogP contribution < -0.4 is 9.47 Å². The van der Waals surface area contributed by atoms with Crippen LogP contribution >= 0.6 is 0 Å². The van der Waals surface area contributed by atoms with Gasteiger partial charge in [0.15, 0.2) is 5.82 Å². The maximum absolute atomic E-state index is 5.33. The molecule has 2 aromatic rings. The second kappa shape index (κ2) is 6.34. The van der Waals surface area contributed by atoms with Gasteiger partial charge in [0.25, 0.3) is 0 Å². The first-order valence-corrected chi connectivity index (χ1v) is 6.28. The van der Waals surface area contributed by atoms with Crippen LogP contribution in [-0.4, -0.2) is 31.3 Å². The highest BCUT2D eigenvalue weighted by molar-refractivity contribution is 5.57. The highest BCUT2D eigenvalue weighted by Crippen LogP contribution is 2.25. The normalized spacial score (nSPS) is 12.0. The van der Waals surface area contributed by atoms with Gasteiger partial charge in [0.05, 0.1) is 26.4 Å². The monoisotopic (exact) mass is 274 g/mol. The maximum Gasteiger partial charge on any atom is 0.220 e. The summed E-state index contributed by atoms with van der Waals surface area (Å²) in [6.07, 6.45) is 0.0162. The molecule has 5 nitrogen and oxygen atoms in total. The fraction of sp³-hybridized carbons (Fsp3) is 0.333. The Balaban J connectivity index is 2.45. The summed E-state index contributed by atoms with van der Waals surface area (Å²) in [6.45, 7) is 1.99. The van der Waals surface area contributed by atoms with E-state index in [4.69, 9.17) is 14.2 Å². The van der Waals surface area contributed by atoms with Crippen LogP contribution in [0.3, 0.4) is 0 Å². The Morgan fingerprint density at radius 2 is 1.60 bits per heavy atom. The van der Waals surface area contributed by atoms with Crippen molar-refractivity contribution in [1.29, 1.82) is 0 Å². The van der Waals surface area contributed by atoms with Gasteiger partial charge in [-0.05, 0) is 18.6 Å². The summed E-state index contributed by atoms with van der Waals surface area (Å²) < 4.78 is 15.7. The average Bonchev–Trinajstić information content (AvgIpc) is 2.53. The standard InChI is InChI=1S/C15H18N2O3/c1-10(18-2)11-6-5-7-12(8-11)15-16-13(19-3)9-14(17-15)20-4/h5-10H,1-4H3. The second-order valence-electron chi connectivity index (χ2n) is 4.28. The molecule has 1 atom stereocenters. The Morgan fingerprint density at radius 1 is 0.950 bits per heavy atom. The van der Waals surface area contributed by atoms with Gasteiger partial charge in [0.2, 0.25) is 11.8 Å². The van der Waals surface area contributed by atoms with Gasteiger partial charge in [-0.15, -0.1) is 0 Å². The van der Waals surface area contributed by atoms with E-state index >= 15 is 0 Å². The molecule has 20 heavy (non-hydrogen) atoms. The number of hydrogen-bond acceptors (Lipinski definition) is 5. The minimum absolute atomic E-state index is 0.0162. The molecular weight excluding hydrogens is 256 g/mol. The zero-order chi connectivity index (χ0) is 14.5. The van der Waals surface area contributed by atoms with E-state index in [1.807, 2.05) is 31.2 Å². The molecule has 2 rings (SSSR count). The summed E-state index contributed by atoms with van der Waals surface area (Å²) in [5, 5.41) is 0. The molecule has 0 aliphatic carbocycles. The third-order valence-electron chi connectivity index (χ3n) is 3.07. The molecule has 5 heteroatoms. The third kappa shape index (κ3) is 3.05. The lowest BCUT2D eigenvalue weighted by atomic mass is 10.1. The van der Waals surface area contributed by atoms with Crippen molar-refractivity contribution in [1.82, 2.24) is 9.97 Å². The molecule has 0 bridgehead atoms. The molecule has 1 aromatic carbocycles. The van der Waals surface area contributed by atoms with Crippen LogP contribution in [-0.2, 0) is 4.74 Å². The SMILES string of the molecule is COc1cc(OC)nc(-c2cccc(C(C)OC)c2)n1. The highest BCUT2D eigenvalue weighted by atomic mass is 16.5. The van der Waals surface area contributed by atoms with Gasteiger partial charge in [-0.2, -0.15) is 9.97 Å². The first-order valence-electron chi connectivity index (χ1n) is 6.28. The molecule has 0 N–H and O–H groups in total. The summed E-state index contributed by atoms with van der Waals surface area (Å²) in [7, 11) is 4.81. The minimum Gasteiger partial charge on any atom is -0.481 e. The lowest BCUT2D eigenvalue weighted by Crippen LogP contribution is -1.99. The molecule has 0 aliphatic rings. The van der Waals surface area contributed by atoms with E-state index in [9.17, 15) is 0 Å². The molecule has 0 spiro atoms. The molecule has 1 aromatic heterocycles. The molecule has 106 valence electrons. The van der Waals surface area contributed by atoms with Crippen molar-refractivity contribution in [3.8, 4) is 23.1 Å². The maximum atomic E-state index is 5.33. The number of rotatable bonds is 5. The molecule has 1 unspecified atom stereocenters. The summed E-state index contributed by atoms with van der Waals surface area (Å²) >= 11 is 0. The molecule has 0 saturated carbocycles. The van der Waals surface area contributed by atoms with Crippen molar-refractivity contribution < 1.29 is 14.2 Å². The summed E-state index contributed by atoms with van der Waals surface area (Å²) in [4.78, 5) is 8.68. The van der Waals surface area contributed by atoms with Crippen molar-refractivity contribution in [2.75, 3.05) is 21.3 Å². The van der Waals surface area contributed by atoms with E-state index in [0.29, 0.717) is 17.6 Å². The first-order chi connectivity index (χ1) is 9.67. The minimum atomic E-state index is 0.0162. The second-order valence-corrected chi connectivity index (χ2v) is 4.28. The summed E-state index contributed by atoms with van der Waals surface area (Å²) in [5.74, 6) is 1.50. The molecule has 0 fully saturated rings.